The molecular weight excluding hydrogens is 295 g/mol. The van der Waals surface area contributed by atoms with E-state index in [1.165, 1.54) is 12.1 Å². The number of rotatable bonds is 2. The Hall–Kier alpha value is -0.580. The van der Waals surface area contributed by atoms with E-state index in [4.69, 9.17) is 23.2 Å². The molecule has 1 aliphatic heterocycles. The fourth-order valence-corrected chi connectivity index (χ4v) is 4.36. The third-order valence-electron chi connectivity index (χ3n) is 3.06. The Kier molecular flexibility index (Phi) is 3.99. The van der Waals surface area contributed by atoms with Gasteiger partial charge in [0.1, 0.15) is 5.25 Å². The van der Waals surface area contributed by atoms with Gasteiger partial charge in [0.2, 0.25) is 0 Å². The van der Waals surface area contributed by atoms with Crippen LogP contribution in [0.3, 0.4) is 0 Å². The van der Waals surface area contributed by atoms with Crippen molar-refractivity contribution in [3.63, 3.8) is 0 Å². The van der Waals surface area contributed by atoms with Crippen molar-refractivity contribution in [2.75, 3.05) is 5.75 Å². The monoisotopic (exact) mass is 306 g/mol. The smallest absolute Gasteiger partial charge is 0.182 e. The third kappa shape index (κ3) is 2.71. The lowest BCUT2D eigenvalue weighted by atomic mass is 10.0. The van der Waals surface area contributed by atoms with E-state index in [1.807, 2.05) is 0 Å². The van der Waals surface area contributed by atoms with Gasteiger partial charge in [-0.15, -0.1) is 0 Å². The van der Waals surface area contributed by atoms with Crippen molar-refractivity contribution in [3.05, 3.63) is 33.8 Å². The van der Waals surface area contributed by atoms with Crippen molar-refractivity contribution in [2.24, 2.45) is 0 Å². The quantitative estimate of drug-likeness (QED) is 0.789. The van der Waals surface area contributed by atoms with Crippen LogP contribution in [-0.4, -0.2) is 25.2 Å². The number of benzene rings is 1. The van der Waals surface area contributed by atoms with Gasteiger partial charge in [0, 0.05) is 10.6 Å². The molecule has 3 nitrogen and oxygen atoms in total. The van der Waals surface area contributed by atoms with Crippen molar-refractivity contribution >= 4 is 38.8 Å². The van der Waals surface area contributed by atoms with Crippen LogP contribution in [0.25, 0.3) is 0 Å². The summed E-state index contributed by atoms with van der Waals surface area (Å²) in [6, 6.07) is 4.50. The predicted molar refractivity (Wildman–Crippen MR) is 72.2 cm³/mol. The first-order chi connectivity index (χ1) is 8.42. The first-order valence-corrected chi connectivity index (χ1v) is 8.10. The highest BCUT2D eigenvalue weighted by Gasteiger charge is 2.36. The van der Waals surface area contributed by atoms with Crippen molar-refractivity contribution in [1.29, 1.82) is 0 Å². The first kappa shape index (κ1) is 13.8. The highest BCUT2D eigenvalue weighted by Crippen LogP contribution is 2.27. The SMILES string of the molecule is O=C(c1cc(Cl)ccc1Cl)C1CCCCS1(=O)=O. The minimum absolute atomic E-state index is 0.0710. The Balaban J connectivity index is 2.39. The van der Waals surface area contributed by atoms with Crippen molar-refractivity contribution < 1.29 is 13.2 Å². The summed E-state index contributed by atoms with van der Waals surface area (Å²) < 4.78 is 23.8. The molecule has 1 aromatic carbocycles. The van der Waals surface area contributed by atoms with Crippen molar-refractivity contribution in [3.8, 4) is 0 Å². The maximum atomic E-state index is 12.3. The maximum absolute atomic E-state index is 12.3. The average Bonchev–Trinajstić information content (AvgIpc) is 2.31. The van der Waals surface area contributed by atoms with Gasteiger partial charge >= 0.3 is 0 Å². The molecular formula is C12H12Cl2O3S. The fraction of sp³-hybridized carbons (Fsp3) is 0.417. The molecule has 1 heterocycles. The molecule has 1 aliphatic rings. The van der Waals surface area contributed by atoms with E-state index in [9.17, 15) is 13.2 Å². The molecule has 0 bridgehead atoms. The Morgan fingerprint density at radius 1 is 1.22 bits per heavy atom. The van der Waals surface area contributed by atoms with E-state index in [0.717, 1.165) is 6.42 Å². The third-order valence-corrected chi connectivity index (χ3v) is 5.80. The van der Waals surface area contributed by atoms with E-state index in [-0.39, 0.29) is 16.3 Å². The fourth-order valence-electron chi connectivity index (χ4n) is 2.11. The van der Waals surface area contributed by atoms with Crippen LogP contribution in [0, 0.1) is 0 Å². The number of carbonyl (C=O) groups excluding carboxylic acids is 1. The molecule has 0 aromatic heterocycles. The highest BCUT2D eigenvalue weighted by atomic mass is 35.5. The minimum atomic E-state index is -3.35. The van der Waals surface area contributed by atoms with Gasteiger partial charge in [-0.2, -0.15) is 0 Å². The predicted octanol–water partition coefficient (Wildman–Crippen LogP) is 3.14. The lowest BCUT2D eigenvalue weighted by Crippen LogP contribution is -2.35. The van der Waals surface area contributed by atoms with E-state index < -0.39 is 20.9 Å². The standard InChI is InChI=1S/C12H12Cl2O3S/c13-8-4-5-10(14)9(7-8)12(15)11-3-1-2-6-18(11,16)17/h4-5,7,11H,1-3,6H2. The number of carbonyl (C=O) groups is 1. The Bertz CT molecular complexity index is 581. The summed E-state index contributed by atoms with van der Waals surface area (Å²) in [4.78, 5) is 12.3. The van der Waals surface area contributed by atoms with Gasteiger partial charge in [0.05, 0.1) is 10.8 Å². The molecule has 2 rings (SSSR count). The second kappa shape index (κ2) is 5.19. The summed E-state index contributed by atoms with van der Waals surface area (Å²) in [5.41, 5.74) is 0.194. The van der Waals surface area contributed by atoms with Crippen LogP contribution in [0.15, 0.2) is 18.2 Å². The molecule has 1 saturated heterocycles. The van der Waals surface area contributed by atoms with Crippen LogP contribution in [-0.2, 0) is 9.84 Å². The summed E-state index contributed by atoms with van der Waals surface area (Å²) in [5, 5.41) is -0.358. The van der Waals surface area contributed by atoms with Crippen molar-refractivity contribution in [1.82, 2.24) is 0 Å². The van der Waals surface area contributed by atoms with Gasteiger partial charge in [-0.1, -0.05) is 29.6 Å². The zero-order valence-corrected chi connectivity index (χ0v) is 11.9. The summed E-state index contributed by atoms with van der Waals surface area (Å²) in [6.07, 6.45) is 1.73. The molecule has 0 radical (unpaired) electrons. The number of ketones is 1. The molecule has 0 amide bonds. The molecule has 1 fully saturated rings. The molecule has 0 saturated carbocycles. The molecule has 1 atom stereocenters. The zero-order valence-electron chi connectivity index (χ0n) is 9.53. The lowest BCUT2D eigenvalue weighted by molar-refractivity contribution is 0.0981. The lowest BCUT2D eigenvalue weighted by Gasteiger charge is -2.21. The minimum Gasteiger partial charge on any atom is -0.293 e. The van der Waals surface area contributed by atoms with Gasteiger partial charge < -0.3 is 0 Å². The van der Waals surface area contributed by atoms with Crippen molar-refractivity contribution in [2.45, 2.75) is 24.5 Å². The van der Waals surface area contributed by atoms with Crippen LogP contribution in [0.1, 0.15) is 29.6 Å². The number of halogens is 2. The molecule has 0 spiro atoms. The number of hydrogen-bond acceptors (Lipinski definition) is 3. The molecule has 1 unspecified atom stereocenters. The van der Waals surface area contributed by atoms with Gasteiger partial charge in [0.25, 0.3) is 0 Å². The van der Waals surface area contributed by atoms with E-state index >= 15 is 0 Å². The second-order valence-corrected chi connectivity index (χ2v) is 7.49. The molecule has 1 aromatic rings. The highest BCUT2D eigenvalue weighted by molar-refractivity contribution is 7.92. The van der Waals surface area contributed by atoms with E-state index in [0.29, 0.717) is 17.9 Å². The normalized spacial score (nSPS) is 22.7. The largest absolute Gasteiger partial charge is 0.293 e. The first-order valence-electron chi connectivity index (χ1n) is 5.62. The number of Topliss-reactive ketones (excluding diaryl/α,β-unsaturated/α-hetero) is 1. The molecule has 98 valence electrons. The zero-order chi connectivity index (χ0) is 13.3. The Morgan fingerprint density at radius 2 is 1.94 bits per heavy atom. The Labute approximate surface area is 116 Å². The van der Waals surface area contributed by atoms with E-state index in [1.54, 1.807) is 6.07 Å². The van der Waals surface area contributed by atoms with Crippen LogP contribution < -0.4 is 0 Å². The topological polar surface area (TPSA) is 51.2 Å². The molecule has 0 aliphatic carbocycles. The summed E-state index contributed by atoms with van der Waals surface area (Å²) in [6.45, 7) is 0. The van der Waals surface area contributed by atoms with Gasteiger partial charge in [-0.25, -0.2) is 8.42 Å². The van der Waals surface area contributed by atoms with Crippen LogP contribution in [0.2, 0.25) is 10.0 Å². The van der Waals surface area contributed by atoms with Gasteiger partial charge in [0.15, 0.2) is 15.6 Å². The second-order valence-electron chi connectivity index (χ2n) is 4.34. The summed E-state index contributed by atoms with van der Waals surface area (Å²) in [5.74, 6) is -0.371. The molecule has 6 heteroatoms. The summed E-state index contributed by atoms with van der Waals surface area (Å²) >= 11 is 11.7. The number of sulfone groups is 1. The van der Waals surface area contributed by atoms with Gasteiger partial charge in [-0.05, 0) is 31.0 Å². The van der Waals surface area contributed by atoms with Gasteiger partial charge in [-0.3, -0.25) is 4.79 Å². The Morgan fingerprint density at radius 3 is 2.61 bits per heavy atom. The average molecular weight is 307 g/mol. The van der Waals surface area contributed by atoms with Crippen LogP contribution >= 0.6 is 23.2 Å². The molecule has 18 heavy (non-hydrogen) atoms. The van der Waals surface area contributed by atoms with Crippen LogP contribution in [0.4, 0.5) is 0 Å². The van der Waals surface area contributed by atoms with Crippen LogP contribution in [0.5, 0.6) is 0 Å². The molecule has 0 N–H and O–H groups in total. The summed E-state index contributed by atoms with van der Waals surface area (Å²) in [7, 11) is -3.35. The maximum Gasteiger partial charge on any atom is 0.182 e. The van der Waals surface area contributed by atoms with E-state index in [2.05, 4.69) is 0 Å². The number of hydrogen-bond donors (Lipinski definition) is 0.